The van der Waals surface area contributed by atoms with Crippen molar-refractivity contribution in [1.82, 2.24) is 10.4 Å². The molecule has 1 amide bonds. The van der Waals surface area contributed by atoms with E-state index in [0.717, 1.165) is 11.0 Å². The van der Waals surface area contributed by atoms with E-state index in [0.29, 0.717) is 44.6 Å². The van der Waals surface area contributed by atoms with Crippen LogP contribution < -0.4 is 15.9 Å². The van der Waals surface area contributed by atoms with Crippen molar-refractivity contribution < 1.29 is 23.3 Å². The maximum absolute atomic E-state index is 11.6. The number of benzene rings is 2. The molecule has 0 saturated carbocycles. The number of carbonyl (C=O) groups excluding carboxylic acids is 1. The second-order valence-corrected chi connectivity index (χ2v) is 11.0. The van der Waals surface area contributed by atoms with E-state index in [4.69, 9.17) is 10.3 Å². The van der Waals surface area contributed by atoms with Crippen LogP contribution in [-0.4, -0.2) is 60.8 Å². The van der Waals surface area contributed by atoms with E-state index in [1.807, 2.05) is 30.3 Å². The molecule has 2 aromatic rings. The number of carbonyl (C=O) groups is 1. The summed E-state index contributed by atoms with van der Waals surface area (Å²) in [5.74, 6) is 0.0547. The molecular formula is C22H29N5O6S2. The van der Waals surface area contributed by atoms with Crippen molar-refractivity contribution in [3.63, 3.8) is 0 Å². The largest absolute Gasteiger partial charge is 0.376 e. The number of amides is 1. The van der Waals surface area contributed by atoms with E-state index in [1.165, 1.54) is 12.1 Å². The number of anilines is 1. The van der Waals surface area contributed by atoms with Crippen molar-refractivity contribution in [2.45, 2.75) is 35.1 Å². The molecule has 0 spiro atoms. The average Bonchev–Trinajstić information content (AvgIpc) is 2.85. The number of nitrogens with two attached hydrogens (primary N) is 1. The third kappa shape index (κ3) is 7.90. The molecular weight excluding hydrogens is 494 g/mol. The van der Waals surface area contributed by atoms with Crippen LogP contribution >= 0.6 is 11.8 Å². The van der Waals surface area contributed by atoms with Gasteiger partial charge in [-0.1, -0.05) is 18.2 Å². The fraction of sp³-hybridized carbons (Fsp3) is 0.409. The number of nitrogens with zero attached hydrogens (tertiary/aromatic N) is 2. The Morgan fingerprint density at radius 2 is 1.91 bits per heavy atom. The van der Waals surface area contributed by atoms with Gasteiger partial charge in [-0.3, -0.25) is 20.1 Å². The van der Waals surface area contributed by atoms with Crippen LogP contribution in [-0.2, 0) is 14.8 Å². The van der Waals surface area contributed by atoms with Crippen LogP contribution in [0.2, 0.25) is 0 Å². The maximum atomic E-state index is 11.6. The smallest absolute Gasteiger partial charge is 0.293 e. The number of nitro benzene ring substituents is 1. The zero-order chi connectivity index (χ0) is 25.4. The Labute approximate surface area is 208 Å². The first-order valence-electron chi connectivity index (χ1n) is 11.1. The Bertz CT molecular complexity index is 1120. The molecule has 190 valence electrons. The molecule has 5 N–H and O–H groups in total. The summed E-state index contributed by atoms with van der Waals surface area (Å²) in [5.41, 5.74) is 1.58. The van der Waals surface area contributed by atoms with Crippen LogP contribution in [0.25, 0.3) is 0 Å². The van der Waals surface area contributed by atoms with Gasteiger partial charge in [0.2, 0.25) is 15.9 Å². The normalized spacial score (nSPS) is 15.9. The summed E-state index contributed by atoms with van der Waals surface area (Å²) in [7, 11) is -4.07. The zero-order valence-electron chi connectivity index (χ0n) is 19.0. The highest BCUT2D eigenvalue weighted by Crippen LogP contribution is 2.30. The predicted octanol–water partition coefficient (Wildman–Crippen LogP) is 2.42. The highest BCUT2D eigenvalue weighted by Gasteiger charge is 2.26. The molecule has 1 fully saturated rings. The van der Waals surface area contributed by atoms with Gasteiger partial charge in [0.05, 0.1) is 9.82 Å². The summed E-state index contributed by atoms with van der Waals surface area (Å²) in [5, 5.41) is 28.8. The van der Waals surface area contributed by atoms with E-state index in [1.54, 1.807) is 17.2 Å². The minimum atomic E-state index is -4.07. The molecule has 0 bridgehead atoms. The first-order valence-corrected chi connectivity index (χ1v) is 13.6. The predicted molar refractivity (Wildman–Crippen MR) is 133 cm³/mol. The number of nitrogens with one attached hydrogen (secondary N) is 2. The van der Waals surface area contributed by atoms with E-state index < -0.39 is 14.9 Å². The number of nitro groups is 1. The van der Waals surface area contributed by atoms with Crippen molar-refractivity contribution in [1.29, 1.82) is 0 Å². The standard InChI is InChI=1S/C22H29N5O6S2/c23-35(32,33)19-6-7-20(21(14-19)27(30)31)24-17(15-34-18-4-2-1-3-5-18)10-13-26-11-8-16(9-12-26)22(28)25-29/h1-7,14,16-17,24,29H,8-13,15H2,(H,25,28)(H2,23,32,33)/t17-/m1/s1. The molecule has 1 aliphatic heterocycles. The lowest BCUT2D eigenvalue weighted by Crippen LogP contribution is -2.41. The van der Waals surface area contributed by atoms with Crippen LogP contribution in [0.15, 0.2) is 58.3 Å². The highest BCUT2D eigenvalue weighted by molar-refractivity contribution is 7.99. The summed E-state index contributed by atoms with van der Waals surface area (Å²) < 4.78 is 23.3. The molecule has 13 heteroatoms. The first-order chi connectivity index (χ1) is 16.7. The lowest BCUT2D eigenvalue weighted by molar-refractivity contribution is -0.384. The van der Waals surface area contributed by atoms with Crippen LogP contribution in [0.1, 0.15) is 19.3 Å². The number of rotatable bonds is 11. The van der Waals surface area contributed by atoms with Gasteiger partial charge in [0.15, 0.2) is 0 Å². The van der Waals surface area contributed by atoms with Crippen molar-refractivity contribution in [3.8, 4) is 0 Å². The van der Waals surface area contributed by atoms with Crippen molar-refractivity contribution in [3.05, 3.63) is 58.6 Å². The van der Waals surface area contributed by atoms with Crippen LogP contribution in [0.3, 0.4) is 0 Å². The summed E-state index contributed by atoms with van der Waals surface area (Å²) in [6.07, 6.45) is 1.96. The molecule has 2 aromatic carbocycles. The van der Waals surface area contributed by atoms with Crippen LogP contribution in [0, 0.1) is 16.0 Å². The zero-order valence-corrected chi connectivity index (χ0v) is 20.6. The quantitative estimate of drug-likeness (QED) is 0.150. The van der Waals surface area contributed by atoms with Crippen molar-refractivity contribution in [2.24, 2.45) is 11.1 Å². The third-order valence-corrected chi connectivity index (χ3v) is 8.00. The minimum Gasteiger partial charge on any atom is -0.376 e. The van der Waals surface area contributed by atoms with E-state index in [9.17, 15) is 23.3 Å². The summed E-state index contributed by atoms with van der Waals surface area (Å²) in [4.78, 5) is 25.6. The number of hydrogen-bond acceptors (Lipinski definition) is 9. The fourth-order valence-corrected chi connectivity index (χ4v) is 5.47. The molecule has 35 heavy (non-hydrogen) atoms. The number of primary sulfonamides is 1. The molecule has 1 heterocycles. The Morgan fingerprint density at radius 1 is 1.23 bits per heavy atom. The van der Waals surface area contributed by atoms with E-state index >= 15 is 0 Å². The average molecular weight is 524 g/mol. The number of thioether (sulfide) groups is 1. The van der Waals surface area contributed by atoms with Crippen LogP contribution in [0.4, 0.5) is 11.4 Å². The number of likely N-dealkylation sites (tertiary alicyclic amines) is 1. The number of piperidine rings is 1. The molecule has 0 aromatic heterocycles. The van der Waals surface area contributed by atoms with Gasteiger partial charge < -0.3 is 10.2 Å². The third-order valence-electron chi connectivity index (χ3n) is 5.91. The van der Waals surface area contributed by atoms with Crippen molar-refractivity contribution in [2.75, 3.05) is 30.7 Å². The van der Waals surface area contributed by atoms with Gasteiger partial charge in [-0.25, -0.2) is 19.0 Å². The number of sulfonamides is 1. The lowest BCUT2D eigenvalue weighted by Gasteiger charge is -2.32. The molecule has 1 aliphatic rings. The second-order valence-electron chi connectivity index (χ2n) is 8.33. The lowest BCUT2D eigenvalue weighted by atomic mass is 9.96. The molecule has 3 rings (SSSR count). The summed E-state index contributed by atoms with van der Waals surface area (Å²) in [6.45, 7) is 2.13. The van der Waals surface area contributed by atoms with Gasteiger partial charge in [-0.15, -0.1) is 11.8 Å². The maximum Gasteiger partial charge on any atom is 0.293 e. The number of hydroxylamine groups is 1. The van der Waals surface area contributed by atoms with Gasteiger partial charge >= 0.3 is 0 Å². The number of hydrogen-bond donors (Lipinski definition) is 4. The Morgan fingerprint density at radius 3 is 2.51 bits per heavy atom. The summed E-state index contributed by atoms with van der Waals surface area (Å²) >= 11 is 1.62. The van der Waals surface area contributed by atoms with Gasteiger partial charge in [-0.2, -0.15) is 0 Å². The Hall–Kier alpha value is -2.71. The Balaban J connectivity index is 1.71. The molecule has 11 nitrogen and oxygen atoms in total. The Kier molecular flexibility index (Phi) is 9.46. The SMILES string of the molecule is NS(=O)(=O)c1ccc(N[C@H](CCN2CCC(C(=O)NO)CC2)CSc2ccccc2)c([N+](=O)[O-])c1. The minimum absolute atomic E-state index is 0.155. The molecule has 0 aliphatic carbocycles. The van der Waals surface area contributed by atoms with Gasteiger partial charge in [0.25, 0.3) is 5.69 Å². The topological polar surface area (TPSA) is 168 Å². The fourth-order valence-electron chi connectivity index (χ4n) is 3.94. The van der Waals surface area contributed by atoms with Crippen LogP contribution in [0.5, 0.6) is 0 Å². The van der Waals surface area contributed by atoms with Gasteiger partial charge in [0.1, 0.15) is 5.69 Å². The first kappa shape index (κ1) is 26.9. The van der Waals surface area contributed by atoms with E-state index in [2.05, 4.69) is 10.2 Å². The van der Waals surface area contributed by atoms with Crippen molar-refractivity contribution >= 4 is 39.1 Å². The second kappa shape index (κ2) is 12.3. The van der Waals surface area contributed by atoms with E-state index in [-0.39, 0.29) is 34.1 Å². The van der Waals surface area contributed by atoms with Gasteiger partial charge in [-0.05, 0) is 56.6 Å². The molecule has 1 saturated heterocycles. The highest BCUT2D eigenvalue weighted by atomic mass is 32.2. The molecule has 1 atom stereocenters. The molecule has 0 unspecified atom stereocenters. The monoisotopic (exact) mass is 523 g/mol. The summed E-state index contributed by atoms with van der Waals surface area (Å²) in [6, 6.07) is 13.2. The van der Waals surface area contributed by atoms with Gasteiger partial charge in [0, 0.05) is 35.2 Å². The molecule has 0 radical (unpaired) electrons.